The average Bonchev–Trinajstić information content (AvgIpc) is 2.92. The van der Waals surface area contributed by atoms with Gasteiger partial charge in [0.2, 0.25) is 0 Å². The van der Waals surface area contributed by atoms with Crippen LogP contribution in [-0.2, 0) is 4.74 Å². The zero-order valence-corrected chi connectivity index (χ0v) is 14.4. The van der Waals surface area contributed by atoms with Crippen LogP contribution in [0.15, 0.2) is 24.5 Å². The van der Waals surface area contributed by atoms with E-state index < -0.39 is 0 Å². The van der Waals surface area contributed by atoms with Crippen molar-refractivity contribution in [2.24, 2.45) is 0 Å². The number of hydrogen-bond acceptors (Lipinski definition) is 5. The first-order valence-corrected chi connectivity index (χ1v) is 8.46. The summed E-state index contributed by atoms with van der Waals surface area (Å²) in [6, 6.07) is 3.58. The van der Waals surface area contributed by atoms with E-state index in [1.165, 1.54) is 11.3 Å². The first-order valence-electron chi connectivity index (χ1n) is 7.64. The number of rotatable bonds is 7. The lowest BCUT2D eigenvalue weighted by atomic mass is 10.2. The number of thiazole rings is 1. The summed E-state index contributed by atoms with van der Waals surface area (Å²) >= 11 is 1.45. The van der Waals surface area contributed by atoms with E-state index in [1.54, 1.807) is 12.4 Å². The van der Waals surface area contributed by atoms with Gasteiger partial charge in [0.25, 0.3) is 0 Å². The Bertz CT molecular complexity index is 630. The van der Waals surface area contributed by atoms with Crippen molar-refractivity contribution in [3.05, 3.63) is 30.2 Å². The molecule has 0 radical (unpaired) electrons. The van der Waals surface area contributed by atoms with Crippen LogP contribution in [0.25, 0.3) is 10.4 Å². The van der Waals surface area contributed by atoms with Gasteiger partial charge in [-0.05, 0) is 38.0 Å². The van der Waals surface area contributed by atoms with Crippen molar-refractivity contribution in [3.63, 3.8) is 0 Å². The maximum atomic E-state index is 11.9. The molecule has 0 aliphatic carbocycles. The molecule has 0 saturated heterocycles. The van der Waals surface area contributed by atoms with Crippen LogP contribution in [0, 0.1) is 6.92 Å². The Morgan fingerprint density at radius 3 is 2.83 bits per heavy atom. The van der Waals surface area contributed by atoms with E-state index >= 15 is 0 Å². The van der Waals surface area contributed by atoms with Gasteiger partial charge in [-0.3, -0.25) is 10.3 Å². The third-order valence-electron chi connectivity index (χ3n) is 3.12. The minimum atomic E-state index is -0.271. The summed E-state index contributed by atoms with van der Waals surface area (Å²) in [5, 5.41) is 6.14. The minimum Gasteiger partial charge on any atom is -0.377 e. The summed E-state index contributed by atoms with van der Waals surface area (Å²) in [6.07, 6.45) is 4.44. The maximum absolute atomic E-state index is 11.9. The van der Waals surface area contributed by atoms with E-state index in [-0.39, 0.29) is 12.1 Å². The van der Waals surface area contributed by atoms with Gasteiger partial charge in [0.1, 0.15) is 0 Å². The molecule has 2 heterocycles. The molecule has 7 heteroatoms. The summed E-state index contributed by atoms with van der Waals surface area (Å²) in [6.45, 7) is 7.08. The Morgan fingerprint density at radius 2 is 2.13 bits per heavy atom. The second-order valence-corrected chi connectivity index (χ2v) is 6.18. The predicted octanol–water partition coefficient (Wildman–Crippen LogP) is 3.45. The monoisotopic (exact) mass is 334 g/mol. The van der Waals surface area contributed by atoms with Crippen LogP contribution in [-0.4, -0.2) is 35.3 Å². The second-order valence-electron chi connectivity index (χ2n) is 5.19. The molecule has 2 amide bonds. The van der Waals surface area contributed by atoms with Crippen LogP contribution in [0.4, 0.5) is 9.93 Å². The fourth-order valence-corrected chi connectivity index (χ4v) is 2.94. The predicted molar refractivity (Wildman–Crippen MR) is 92.8 cm³/mol. The lowest BCUT2D eigenvalue weighted by molar-refractivity contribution is 0.0682. The number of amides is 2. The van der Waals surface area contributed by atoms with Gasteiger partial charge < -0.3 is 10.1 Å². The average molecular weight is 334 g/mol. The molecule has 0 aliphatic rings. The van der Waals surface area contributed by atoms with Gasteiger partial charge in [0.15, 0.2) is 5.13 Å². The number of carbonyl (C=O) groups excluding carboxylic acids is 1. The summed E-state index contributed by atoms with van der Waals surface area (Å²) in [5.41, 5.74) is 1.93. The molecule has 2 N–H and O–H groups in total. The molecule has 0 aromatic carbocycles. The molecule has 2 aromatic heterocycles. The normalized spacial score (nSPS) is 12.0. The van der Waals surface area contributed by atoms with Crippen molar-refractivity contribution < 1.29 is 9.53 Å². The van der Waals surface area contributed by atoms with E-state index in [1.807, 2.05) is 26.0 Å². The molecule has 0 fully saturated rings. The van der Waals surface area contributed by atoms with Crippen molar-refractivity contribution in [2.75, 3.05) is 18.5 Å². The number of ether oxygens (including phenoxy) is 1. The van der Waals surface area contributed by atoms with E-state index in [4.69, 9.17) is 4.74 Å². The van der Waals surface area contributed by atoms with Crippen LogP contribution < -0.4 is 10.6 Å². The summed E-state index contributed by atoms with van der Waals surface area (Å²) in [7, 11) is 0. The van der Waals surface area contributed by atoms with Gasteiger partial charge in [-0.25, -0.2) is 9.78 Å². The van der Waals surface area contributed by atoms with Crippen LogP contribution in [0.1, 0.15) is 26.0 Å². The topological polar surface area (TPSA) is 76.1 Å². The lowest BCUT2D eigenvalue weighted by Crippen LogP contribution is -2.35. The second kappa shape index (κ2) is 8.59. The molecule has 2 aromatic rings. The largest absolute Gasteiger partial charge is 0.377 e. The molecule has 0 saturated carbocycles. The third kappa shape index (κ3) is 5.30. The van der Waals surface area contributed by atoms with Crippen LogP contribution in [0.5, 0.6) is 0 Å². The Labute approximate surface area is 140 Å². The zero-order chi connectivity index (χ0) is 16.7. The first kappa shape index (κ1) is 17.4. The molecular weight excluding hydrogens is 312 g/mol. The quantitative estimate of drug-likeness (QED) is 0.813. The highest BCUT2D eigenvalue weighted by molar-refractivity contribution is 7.19. The molecule has 1 atom stereocenters. The number of hydrogen-bond donors (Lipinski definition) is 2. The fraction of sp³-hybridized carbons (Fsp3) is 0.438. The van der Waals surface area contributed by atoms with E-state index in [9.17, 15) is 4.79 Å². The lowest BCUT2D eigenvalue weighted by Gasteiger charge is -2.13. The number of carbonyl (C=O) groups is 1. The van der Waals surface area contributed by atoms with Gasteiger partial charge >= 0.3 is 6.03 Å². The summed E-state index contributed by atoms with van der Waals surface area (Å²) < 4.78 is 5.51. The molecular formula is C16H22N4O2S. The van der Waals surface area contributed by atoms with Gasteiger partial charge in [-0.15, -0.1) is 0 Å². The van der Waals surface area contributed by atoms with Crippen LogP contribution in [0.3, 0.4) is 0 Å². The fourth-order valence-electron chi connectivity index (χ4n) is 1.98. The van der Waals surface area contributed by atoms with Gasteiger partial charge in [0, 0.05) is 25.5 Å². The number of aryl methyl sites for hydroxylation is 1. The van der Waals surface area contributed by atoms with Crippen LogP contribution in [0.2, 0.25) is 0 Å². The molecule has 0 spiro atoms. The van der Waals surface area contributed by atoms with Crippen molar-refractivity contribution >= 4 is 22.5 Å². The standard InChI is InChI=1S/C16H22N4O2S/c1-4-9-22-11(2)10-18-15(21)20-16-19-12(3)14(23-16)13-5-7-17-8-6-13/h5-8,11H,4,9-10H2,1-3H3,(H2,18,19,20,21)/t11-/m0/s1. The summed E-state index contributed by atoms with van der Waals surface area (Å²) in [5.74, 6) is 0. The van der Waals surface area contributed by atoms with Gasteiger partial charge in [-0.1, -0.05) is 18.3 Å². The Morgan fingerprint density at radius 1 is 1.39 bits per heavy atom. The third-order valence-corrected chi connectivity index (χ3v) is 4.24. The molecule has 124 valence electrons. The SMILES string of the molecule is CCCO[C@@H](C)CNC(=O)Nc1nc(C)c(-c2ccncc2)s1. The van der Waals surface area contributed by atoms with Crippen molar-refractivity contribution in [1.82, 2.24) is 15.3 Å². The zero-order valence-electron chi connectivity index (χ0n) is 13.6. The minimum absolute atomic E-state index is 0.00823. The first-order chi connectivity index (χ1) is 11.1. The highest BCUT2D eigenvalue weighted by Gasteiger charge is 2.12. The van der Waals surface area contributed by atoms with Crippen molar-refractivity contribution in [1.29, 1.82) is 0 Å². The maximum Gasteiger partial charge on any atom is 0.321 e. The van der Waals surface area contributed by atoms with Crippen LogP contribution >= 0.6 is 11.3 Å². The van der Waals surface area contributed by atoms with Gasteiger partial charge in [0.05, 0.1) is 16.7 Å². The molecule has 0 bridgehead atoms. The van der Waals surface area contributed by atoms with E-state index in [0.717, 1.165) is 22.6 Å². The van der Waals surface area contributed by atoms with E-state index in [2.05, 4.69) is 27.5 Å². The highest BCUT2D eigenvalue weighted by atomic mass is 32.1. The number of pyridine rings is 1. The summed E-state index contributed by atoms with van der Waals surface area (Å²) in [4.78, 5) is 21.4. The highest BCUT2D eigenvalue weighted by Crippen LogP contribution is 2.32. The smallest absolute Gasteiger partial charge is 0.321 e. The molecule has 2 rings (SSSR count). The number of anilines is 1. The Kier molecular flexibility index (Phi) is 6.49. The van der Waals surface area contributed by atoms with Gasteiger partial charge in [-0.2, -0.15) is 0 Å². The number of urea groups is 1. The molecule has 0 aliphatic heterocycles. The molecule has 6 nitrogen and oxygen atoms in total. The Balaban J connectivity index is 1.90. The molecule has 0 unspecified atom stereocenters. The van der Waals surface area contributed by atoms with E-state index in [0.29, 0.717) is 18.3 Å². The Hall–Kier alpha value is -1.99. The number of nitrogens with one attached hydrogen (secondary N) is 2. The molecule has 23 heavy (non-hydrogen) atoms. The number of nitrogens with zero attached hydrogens (tertiary/aromatic N) is 2. The number of aromatic nitrogens is 2. The van der Waals surface area contributed by atoms with Crippen molar-refractivity contribution in [3.8, 4) is 10.4 Å². The van der Waals surface area contributed by atoms with Crippen molar-refractivity contribution in [2.45, 2.75) is 33.3 Å².